The van der Waals surface area contributed by atoms with Crippen LogP contribution in [0.15, 0.2) is 34.3 Å². The fourth-order valence-electron chi connectivity index (χ4n) is 3.86. The van der Waals surface area contributed by atoms with Gasteiger partial charge in [-0.3, -0.25) is 9.59 Å². The maximum Gasteiger partial charge on any atom is 0.295 e. The Morgan fingerprint density at radius 2 is 1.90 bits per heavy atom. The molecule has 3 rings (SSSR count). The lowest BCUT2D eigenvalue weighted by molar-refractivity contribution is -0.140. The Kier molecular flexibility index (Phi) is 6.03. The van der Waals surface area contributed by atoms with Crippen LogP contribution >= 0.6 is 0 Å². The van der Waals surface area contributed by atoms with Crippen LogP contribution in [0.5, 0.6) is 5.75 Å². The van der Waals surface area contributed by atoms with Gasteiger partial charge in [0, 0.05) is 13.1 Å². The Morgan fingerprint density at radius 3 is 2.47 bits per heavy atom. The number of likely N-dealkylation sites (tertiary alicyclic amines) is 1. The molecule has 1 aliphatic heterocycles. The van der Waals surface area contributed by atoms with Crippen LogP contribution in [0.4, 0.5) is 0 Å². The van der Waals surface area contributed by atoms with E-state index in [4.69, 9.17) is 9.15 Å². The van der Waals surface area contributed by atoms with Crippen molar-refractivity contribution in [3.63, 3.8) is 0 Å². The number of furan rings is 1. The van der Waals surface area contributed by atoms with Gasteiger partial charge >= 0.3 is 0 Å². The number of benzene rings is 1. The summed E-state index contributed by atoms with van der Waals surface area (Å²) in [6.45, 7) is 6.44. The van der Waals surface area contributed by atoms with Gasteiger partial charge < -0.3 is 24.1 Å². The van der Waals surface area contributed by atoms with Crippen LogP contribution in [-0.2, 0) is 9.59 Å². The number of rotatable bonds is 6. The highest BCUT2D eigenvalue weighted by Gasteiger charge is 2.47. The first kappa shape index (κ1) is 21.6. The lowest BCUT2D eigenvalue weighted by Gasteiger charge is -2.25. The first-order valence-electron chi connectivity index (χ1n) is 9.80. The third-order valence-corrected chi connectivity index (χ3v) is 5.24. The second kappa shape index (κ2) is 8.36. The summed E-state index contributed by atoms with van der Waals surface area (Å²) in [4.78, 5) is 29.3. The highest BCUT2D eigenvalue weighted by Crippen LogP contribution is 2.42. The molecule has 0 aliphatic carbocycles. The lowest BCUT2D eigenvalue weighted by atomic mass is 9.96. The standard InChI is InChI=1S/C23H28N2O5/c1-13-11-14(2)22(29-6)16(12-13)20(26)18-19(17-8-7-15(3)30-17)25(10-9-24(4)5)23(28)21(18)27/h7-8,11-12,19,26H,9-10H2,1-6H3/b20-18+. The monoisotopic (exact) mass is 412 g/mol. The van der Waals surface area contributed by atoms with E-state index in [-0.39, 0.29) is 11.3 Å². The van der Waals surface area contributed by atoms with Crippen LogP contribution in [0.2, 0.25) is 0 Å². The van der Waals surface area contributed by atoms with Crippen molar-refractivity contribution in [1.29, 1.82) is 0 Å². The van der Waals surface area contributed by atoms with Crippen molar-refractivity contribution in [3.8, 4) is 5.75 Å². The van der Waals surface area contributed by atoms with E-state index in [1.807, 2.05) is 38.9 Å². The molecule has 1 unspecified atom stereocenters. The summed E-state index contributed by atoms with van der Waals surface area (Å²) < 4.78 is 11.3. The molecule has 1 amide bonds. The first-order valence-corrected chi connectivity index (χ1v) is 9.80. The number of ether oxygens (including phenoxy) is 1. The van der Waals surface area contributed by atoms with Crippen molar-refractivity contribution >= 4 is 17.4 Å². The van der Waals surface area contributed by atoms with Gasteiger partial charge in [-0.25, -0.2) is 0 Å². The number of carbonyl (C=O) groups is 2. The Hall–Kier alpha value is -3.06. The number of carbonyl (C=O) groups excluding carboxylic acids is 2. The van der Waals surface area contributed by atoms with Gasteiger partial charge in [-0.05, 0) is 64.2 Å². The summed E-state index contributed by atoms with van der Waals surface area (Å²) in [5, 5.41) is 11.3. The van der Waals surface area contributed by atoms with Crippen molar-refractivity contribution in [1.82, 2.24) is 9.80 Å². The Bertz CT molecular complexity index is 1020. The number of likely N-dealkylation sites (N-methyl/N-ethyl adjacent to an activating group) is 1. The topological polar surface area (TPSA) is 83.2 Å². The summed E-state index contributed by atoms with van der Waals surface area (Å²) in [5.74, 6) is -0.0785. The average Bonchev–Trinajstić information content (AvgIpc) is 3.20. The zero-order valence-corrected chi connectivity index (χ0v) is 18.3. The van der Waals surface area contributed by atoms with Crippen LogP contribution in [0.3, 0.4) is 0 Å². The van der Waals surface area contributed by atoms with Gasteiger partial charge in [0.05, 0.1) is 18.2 Å². The molecule has 1 N–H and O–H groups in total. The molecule has 1 aliphatic rings. The smallest absolute Gasteiger partial charge is 0.295 e. The summed E-state index contributed by atoms with van der Waals surface area (Å²) in [7, 11) is 5.30. The van der Waals surface area contributed by atoms with Gasteiger partial charge in [-0.15, -0.1) is 0 Å². The number of aliphatic hydroxyl groups is 1. The maximum absolute atomic E-state index is 13.0. The molecular weight excluding hydrogens is 384 g/mol. The number of aryl methyl sites for hydroxylation is 3. The van der Waals surface area contributed by atoms with Gasteiger partial charge in [0.1, 0.15) is 29.1 Å². The zero-order chi connectivity index (χ0) is 22.2. The highest BCUT2D eigenvalue weighted by molar-refractivity contribution is 6.46. The van der Waals surface area contributed by atoms with E-state index in [1.54, 1.807) is 25.1 Å². The van der Waals surface area contributed by atoms with Crippen molar-refractivity contribution in [2.75, 3.05) is 34.3 Å². The normalized spacial score (nSPS) is 18.5. The zero-order valence-electron chi connectivity index (χ0n) is 18.3. The van der Waals surface area contributed by atoms with Crippen LogP contribution in [0, 0.1) is 20.8 Å². The van der Waals surface area contributed by atoms with E-state index in [0.717, 1.165) is 11.1 Å². The molecule has 0 radical (unpaired) electrons. The molecule has 160 valence electrons. The molecule has 0 spiro atoms. The van der Waals surface area contributed by atoms with Crippen LogP contribution in [0.25, 0.3) is 5.76 Å². The number of hydrogen-bond donors (Lipinski definition) is 1. The molecule has 0 bridgehead atoms. The molecule has 2 heterocycles. The minimum absolute atomic E-state index is 0.0106. The summed E-state index contributed by atoms with van der Waals surface area (Å²) in [6.07, 6.45) is 0. The SMILES string of the molecule is COc1c(C)cc(C)cc1/C(O)=C1\C(=O)C(=O)N(CCN(C)C)C1c1ccc(C)o1. The number of methoxy groups -OCH3 is 1. The molecule has 1 aromatic heterocycles. The van der Waals surface area contributed by atoms with E-state index in [9.17, 15) is 14.7 Å². The predicted octanol–water partition coefficient (Wildman–Crippen LogP) is 3.20. The van der Waals surface area contributed by atoms with Gasteiger partial charge in [0.15, 0.2) is 0 Å². The van der Waals surface area contributed by atoms with E-state index >= 15 is 0 Å². The average molecular weight is 412 g/mol. The Morgan fingerprint density at radius 1 is 1.20 bits per heavy atom. The van der Waals surface area contributed by atoms with E-state index < -0.39 is 17.7 Å². The molecule has 7 nitrogen and oxygen atoms in total. The van der Waals surface area contributed by atoms with E-state index in [0.29, 0.717) is 35.9 Å². The maximum atomic E-state index is 13.0. The van der Waals surface area contributed by atoms with Crippen LogP contribution < -0.4 is 4.74 Å². The molecule has 1 fully saturated rings. The highest BCUT2D eigenvalue weighted by atomic mass is 16.5. The molecule has 30 heavy (non-hydrogen) atoms. The fraction of sp³-hybridized carbons (Fsp3) is 0.391. The molecule has 1 saturated heterocycles. The van der Waals surface area contributed by atoms with Gasteiger partial charge in [0.25, 0.3) is 11.7 Å². The second-order valence-electron chi connectivity index (χ2n) is 7.91. The predicted molar refractivity (Wildman–Crippen MR) is 113 cm³/mol. The minimum Gasteiger partial charge on any atom is -0.507 e. The fourth-order valence-corrected chi connectivity index (χ4v) is 3.86. The second-order valence-corrected chi connectivity index (χ2v) is 7.91. The third kappa shape index (κ3) is 3.85. The molecule has 1 aromatic carbocycles. The van der Waals surface area contributed by atoms with Gasteiger partial charge in [-0.1, -0.05) is 6.07 Å². The molecule has 2 aromatic rings. The lowest BCUT2D eigenvalue weighted by Crippen LogP contribution is -2.35. The number of Topliss-reactive ketones (excluding diaryl/α,β-unsaturated/α-hetero) is 1. The summed E-state index contributed by atoms with van der Waals surface area (Å²) >= 11 is 0. The quantitative estimate of drug-likeness (QED) is 0.446. The first-order chi connectivity index (χ1) is 14.1. The molecule has 1 atom stereocenters. The largest absolute Gasteiger partial charge is 0.507 e. The molecular formula is C23H28N2O5. The summed E-state index contributed by atoms with van der Waals surface area (Å²) in [6, 6.07) is 6.39. The van der Waals surface area contributed by atoms with Gasteiger partial charge in [0.2, 0.25) is 0 Å². The Labute approximate surface area is 176 Å². The number of nitrogens with zero attached hydrogens (tertiary/aromatic N) is 2. The molecule has 0 saturated carbocycles. The van der Waals surface area contributed by atoms with E-state index in [2.05, 4.69) is 0 Å². The number of ketones is 1. The third-order valence-electron chi connectivity index (χ3n) is 5.24. The number of amides is 1. The van der Waals surface area contributed by atoms with Crippen molar-refractivity contribution in [2.45, 2.75) is 26.8 Å². The Balaban J connectivity index is 2.22. The number of aliphatic hydroxyl groups excluding tert-OH is 1. The molecule has 7 heteroatoms. The van der Waals surface area contributed by atoms with Crippen LogP contribution in [-0.4, -0.2) is 60.9 Å². The van der Waals surface area contributed by atoms with E-state index in [1.165, 1.54) is 12.0 Å². The number of hydrogen-bond acceptors (Lipinski definition) is 6. The van der Waals surface area contributed by atoms with Crippen molar-refractivity contribution < 1.29 is 23.8 Å². The van der Waals surface area contributed by atoms with Crippen molar-refractivity contribution in [3.05, 3.63) is 58.0 Å². The van der Waals surface area contributed by atoms with Gasteiger partial charge in [-0.2, -0.15) is 0 Å². The van der Waals surface area contributed by atoms with Crippen molar-refractivity contribution in [2.24, 2.45) is 0 Å². The summed E-state index contributed by atoms with van der Waals surface area (Å²) in [5.41, 5.74) is 2.12. The van der Waals surface area contributed by atoms with Crippen LogP contribution in [0.1, 0.15) is 34.3 Å². The minimum atomic E-state index is -0.802.